The Kier molecular flexibility index (Phi) is 7.26. The Morgan fingerprint density at radius 2 is 2.03 bits per heavy atom. The van der Waals surface area contributed by atoms with Crippen molar-refractivity contribution in [1.29, 1.82) is 5.26 Å². The van der Waals surface area contributed by atoms with Crippen LogP contribution in [0.15, 0.2) is 64.6 Å². The van der Waals surface area contributed by atoms with Gasteiger partial charge in [-0.25, -0.2) is 0 Å². The number of nitriles is 1. The van der Waals surface area contributed by atoms with Crippen molar-refractivity contribution in [3.8, 4) is 29.1 Å². The number of ether oxygens (including phenoxy) is 4. The normalized spacial score (nSPS) is 12.1. The van der Waals surface area contributed by atoms with Crippen molar-refractivity contribution in [2.75, 3.05) is 19.2 Å². The van der Waals surface area contributed by atoms with E-state index >= 15 is 0 Å². The lowest BCUT2D eigenvalue weighted by Crippen LogP contribution is -2.13. The van der Waals surface area contributed by atoms with Crippen LogP contribution in [0.4, 0.5) is 5.69 Å². The molecule has 0 bridgehead atoms. The summed E-state index contributed by atoms with van der Waals surface area (Å²) in [6.07, 6.45) is 1.43. The van der Waals surface area contributed by atoms with Gasteiger partial charge in [0, 0.05) is 10.2 Å². The van der Waals surface area contributed by atoms with Gasteiger partial charge < -0.3 is 24.3 Å². The number of rotatable bonds is 7. The third kappa shape index (κ3) is 5.45. The Hall–Kier alpha value is -3.67. The van der Waals surface area contributed by atoms with Crippen LogP contribution in [0.3, 0.4) is 0 Å². The molecule has 0 spiro atoms. The van der Waals surface area contributed by atoms with E-state index in [0.717, 1.165) is 10.0 Å². The predicted octanol–water partition coefficient (Wildman–Crippen LogP) is 5.96. The van der Waals surface area contributed by atoms with Crippen LogP contribution in [-0.2, 0) is 11.4 Å². The number of anilines is 1. The van der Waals surface area contributed by atoms with Crippen molar-refractivity contribution in [3.63, 3.8) is 0 Å². The zero-order valence-corrected chi connectivity index (χ0v) is 20.3. The minimum Gasteiger partial charge on any atom is -0.493 e. The Bertz CT molecular complexity index is 1320. The summed E-state index contributed by atoms with van der Waals surface area (Å²) in [4.78, 5) is 12.6. The Labute approximate surface area is 209 Å². The molecule has 7 nitrogen and oxygen atoms in total. The van der Waals surface area contributed by atoms with Gasteiger partial charge >= 0.3 is 0 Å². The lowest BCUT2D eigenvalue weighted by Gasteiger charge is -2.14. The summed E-state index contributed by atoms with van der Waals surface area (Å²) in [7, 11) is 1.48. The maximum atomic E-state index is 12.6. The van der Waals surface area contributed by atoms with Crippen molar-refractivity contribution in [2.45, 2.75) is 6.61 Å². The van der Waals surface area contributed by atoms with E-state index in [0.29, 0.717) is 34.2 Å². The molecule has 1 aliphatic heterocycles. The van der Waals surface area contributed by atoms with Gasteiger partial charge in [-0.05, 0) is 59.7 Å². The largest absolute Gasteiger partial charge is 0.493 e. The summed E-state index contributed by atoms with van der Waals surface area (Å²) in [5.74, 6) is 1.51. The number of halogens is 2. The molecule has 0 aromatic heterocycles. The molecule has 0 fully saturated rings. The average molecular weight is 542 g/mol. The summed E-state index contributed by atoms with van der Waals surface area (Å²) < 4.78 is 22.9. The number of hydrogen-bond acceptors (Lipinski definition) is 6. The van der Waals surface area contributed by atoms with Crippen LogP contribution in [0.25, 0.3) is 6.08 Å². The van der Waals surface area contributed by atoms with E-state index in [4.69, 9.17) is 30.5 Å². The molecule has 0 unspecified atom stereocenters. The second-order valence-electron chi connectivity index (χ2n) is 7.14. The molecular formula is C25H18BrClN2O5. The Morgan fingerprint density at radius 3 is 2.79 bits per heavy atom. The topological polar surface area (TPSA) is 89.8 Å². The van der Waals surface area contributed by atoms with Crippen molar-refractivity contribution >= 4 is 45.2 Å². The first-order chi connectivity index (χ1) is 16.5. The molecular weight excluding hydrogens is 524 g/mol. The number of hydrogen-bond donors (Lipinski definition) is 1. The van der Waals surface area contributed by atoms with Crippen LogP contribution in [0.5, 0.6) is 23.0 Å². The standard InChI is InChI=1S/C25H18BrClN2O5/c1-31-23-10-16(7-17(12-28)25(30)29-19-4-2-3-18(26)11-19)8-20(27)24(23)32-13-15-5-6-21-22(9-15)34-14-33-21/h2-11H,13-14H2,1H3,(H,29,30)/b17-7-. The molecule has 172 valence electrons. The predicted molar refractivity (Wildman–Crippen MR) is 131 cm³/mol. The third-order valence-electron chi connectivity index (χ3n) is 4.83. The number of carbonyl (C=O) groups is 1. The van der Waals surface area contributed by atoms with Gasteiger partial charge in [0.05, 0.1) is 12.1 Å². The minimum atomic E-state index is -0.543. The quantitative estimate of drug-likeness (QED) is 0.293. The van der Waals surface area contributed by atoms with Gasteiger partial charge in [0.15, 0.2) is 23.0 Å². The lowest BCUT2D eigenvalue weighted by atomic mass is 10.1. The number of methoxy groups -OCH3 is 1. The van der Waals surface area contributed by atoms with Crippen LogP contribution in [0, 0.1) is 11.3 Å². The molecule has 0 saturated carbocycles. The first-order valence-electron chi connectivity index (χ1n) is 10.0. The molecule has 0 saturated heterocycles. The number of carbonyl (C=O) groups excluding carboxylic acids is 1. The zero-order valence-electron chi connectivity index (χ0n) is 17.9. The first kappa shape index (κ1) is 23.5. The van der Waals surface area contributed by atoms with Crippen LogP contribution < -0.4 is 24.3 Å². The molecule has 1 heterocycles. The molecule has 4 rings (SSSR count). The van der Waals surface area contributed by atoms with Crippen molar-refractivity contribution in [3.05, 3.63) is 80.8 Å². The van der Waals surface area contributed by atoms with Crippen molar-refractivity contribution in [2.24, 2.45) is 0 Å². The fraction of sp³-hybridized carbons (Fsp3) is 0.120. The smallest absolute Gasteiger partial charge is 0.266 e. The zero-order chi connectivity index (χ0) is 24.1. The van der Waals surface area contributed by atoms with Gasteiger partial charge in [0.1, 0.15) is 18.2 Å². The molecule has 0 atom stereocenters. The van der Waals surface area contributed by atoms with E-state index in [1.807, 2.05) is 30.3 Å². The van der Waals surface area contributed by atoms with Gasteiger partial charge in [-0.1, -0.05) is 39.7 Å². The molecule has 9 heteroatoms. The summed E-state index contributed by atoms with van der Waals surface area (Å²) in [5.41, 5.74) is 1.84. The molecule has 3 aromatic rings. The van der Waals surface area contributed by atoms with Crippen molar-refractivity contribution < 1.29 is 23.7 Å². The fourth-order valence-corrected chi connectivity index (χ4v) is 3.90. The molecule has 3 aromatic carbocycles. The molecule has 0 radical (unpaired) electrons. The molecule has 1 aliphatic rings. The third-order valence-corrected chi connectivity index (χ3v) is 5.60. The molecule has 1 amide bonds. The van der Waals surface area contributed by atoms with Gasteiger partial charge in [-0.2, -0.15) is 5.26 Å². The lowest BCUT2D eigenvalue weighted by molar-refractivity contribution is -0.112. The molecule has 34 heavy (non-hydrogen) atoms. The highest BCUT2D eigenvalue weighted by Crippen LogP contribution is 2.38. The number of amides is 1. The van der Waals surface area contributed by atoms with Crippen LogP contribution in [0.2, 0.25) is 5.02 Å². The summed E-state index contributed by atoms with van der Waals surface area (Å²) in [6.45, 7) is 0.417. The van der Waals surface area contributed by atoms with E-state index in [1.165, 1.54) is 13.2 Å². The van der Waals surface area contributed by atoms with Crippen LogP contribution in [-0.4, -0.2) is 19.8 Å². The second-order valence-corrected chi connectivity index (χ2v) is 8.47. The van der Waals surface area contributed by atoms with Gasteiger partial charge in [0.25, 0.3) is 5.91 Å². The Morgan fingerprint density at radius 1 is 1.21 bits per heavy atom. The van der Waals surface area contributed by atoms with Crippen LogP contribution >= 0.6 is 27.5 Å². The minimum absolute atomic E-state index is 0.0906. The molecule has 0 aliphatic carbocycles. The van der Waals surface area contributed by atoms with E-state index < -0.39 is 5.91 Å². The van der Waals surface area contributed by atoms with Gasteiger partial charge in [-0.15, -0.1) is 0 Å². The maximum absolute atomic E-state index is 12.6. The summed E-state index contributed by atoms with van der Waals surface area (Å²) >= 11 is 9.81. The summed E-state index contributed by atoms with van der Waals surface area (Å²) in [5, 5.41) is 12.5. The first-order valence-corrected chi connectivity index (χ1v) is 11.2. The van der Waals surface area contributed by atoms with E-state index in [2.05, 4.69) is 21.2 Å². The van der Waals surface area contributed by atoms with Crippen LogP contribution in [0.1, 0.15) is 11.1 Å². The van der Waals surface area contributed by atoms with E-state index in [-0.39, 0.29) is 24.0 Å². The highest BCUT2D eigenvalue weighted by atomic mass is 79.9. The fourth-order valence-electron chi connectivity index (χ4n) is 3.23. The molecule has 1 N–H and O–H groups in total. The van der Waals surface area contributed by atoms with Gasteiger partial charge in [0.2, 0.25) is 6.79 Å². The van der Waals surface area contributed by atoms with Gasteiger partial charge in [-0.3, -0.25) is 4.79 Å². The van der Waals surface area contributed by atoms with E-state index in [9.17, 15) is 10.1 Å². The number of benzene rings is 3. The maximum Gasteiger partial charge on any atom is 0.266 e. The monoisotopic (exact) mass is 540 g/mol. The highest BCUT2D eigenvalue weighted by molar-refractivity contribution is 9.10. The highest BCUT2D eigenvalue weighted by Gasteiger charge is 2.16. The average Bonchev–Trinajstić information content (AvgIpc) is 3.29. The Balaban J connectivity index is 1.52. The number of fused-ring (bicyclic) bond motifs is 1. The number of nitrogens with zero attached hydrogens (tertiary/aromatic N) is 1. The number of nitrogens with one attached hydrogen (secondary N) is 1. The van der Waals surface area contributed by atoms with E-state index in [1.54, 1.807) is 30.3 Å². The second kappa shape index (κ2) is 10.5. The summed E-state index contributed by atoms with van der Waals surface area (Å²) in [6, 6.07) is 17.8. The SMILES string of the molecule is COc1cc(/C=C(/C#N)C(=O)Nc2cccc(Br)c2)cc(Cl)c1OCc1ccc2c(c1)OCO2. The van der Waals surface area contributed by atoms with Crippen molar-refractivity contribution in [1.82, 2.24) is 0 Å².